The average molecular weight is 392 g/mol. The lowest BCUT2D eigenvalue weighted by atomic mass is 9.90. The van der Waals surface area contributed by atoms with Crippen LogP contribution in [0.4, 0.5) is 0 Å². The van der Waals surface area contributed by atoms with Crippen molar-refractivity contribution in [2.24, 2.45) is 0 Å². The second-order valence-corrected chi connectivity index (χ2v) is 6.86. The minimum absolute atomic E-state index is 0.0233. The van der Waals surface area contributed by atoms with Gasteiger partial charge in [0.25, 0.3) is 0 Å². The van der Waals surface area contributed by atoms with Crippen molar-refractivity contribution >= 4 is 45.0 Å². The quantitative estimate of drug-likeness (QED) is 0.458. The Labute approximate surface area is 169 Å². The molecule has 8 heteroatoms. The summed E-state index contributed by atoms with van der Waals surface area (Å²) in [5.41, 5.74) is 3.11. The van der Waals surface area contributed by atoms with Crippen LogP contribution >= 0.6 is 0 Å². The Hall–Kier alpha value is -4.46. The molecule has 0 spiro atoms. The van der Waals surface area contributed by atoms with E-state index in [9.17, 15) is 9.59 Å². The van der Waals surface area contributed by atoms with E-state index in [-0.39, 0.29) is 23.0 Å². The first-order chi connectivity index (χ1) is 14.7. The van der Waals surface area contributed by atoms with Crippen molar-refractivity contribution in [2.75, 3.05) is 0 Å². The summed E-state index contributed by atoms with van der Waals surface area (Å²) in [6, 6.07) is 21.2. The molecule has 2 heterocycles. The van der Waals surface area contributed by atoms with Gasteiger partial charge in [0, 0.05) is 11.1 Å². The van der Waals surface area contributed by atoms with E-state index in [1.807, 2.05) is 24.3 Å². The van der Waals surface area contributed by atoms with Crippen LogP contribution in [0, 0.1) is 0 Å². The molecule has 1 aliphatic rings. The molecule has 0 aliphatic heterocycles. The largest absolute Gasteiger partial charge is 0.287 e. The van der Waals surface area contributed by atoms with Gasteiger partial charge in [-0.3, -0.25) is 9.59 Å². The Morgan fingerprint density at radius 2 is 0.767 bits per heavy atom. The molecule has 8 nitrogen and oxygen atoms in total. The fraction of sp³-hybridized carbons (Fsp3) is 0. The van der Waals surface area contributed by atoms with Gasteiger partial charge in [-0.1, -0.05) is 48.5 Å². The monoisotopic (exact) mass is 392 g/mol. The fourth-order valence-corrected chi connectivity index (χ4v) is 3.64. The molecule has 142 valence electrons. The number of nitrogens with zero attached hydrogens (tertiary/aromatic N) is 6. The first kappa shape index (κ1) is 16.5. The van der Waals surface area contributed by atoms with E-state index < -0.39 is 0 Å². The van der Waals surface area contributed by atoms with Gasteiger partial charge in [0.2, 0.25) is 11.6 Å². The van der Waals surface area contributed by atoms with E-state index >= 15 is 0 Å². The van der Waals surface area contributed by atoms with Gasteiger partial charge in [-0.05, 0) is 24.3 Å². The zero-order chi connectivity index (χ0) is 20.2. The number of fused-ring (bicyclic) bond motifs is 3. The minimum atomic E-state index is -0.359. The summed E-state index contributed by atoms with van der Waals surface area (Å²) in [6.45, 7) is 0. The van der Waals surface area contributed by atoms with Crippen LogP contribution in [-0.2, 0) is 0 Å². The second kappa shape index (κ2) is 6.02. The molecule has 0 amide bonds. The number of aromatic nitrogens is 6. The summed E-state index contributed by atoms with van der Waals surface area (Å²) in [6.07, 6.45) is 0. The maximum atomic E-state index is 13.5. The van der Waals surface area contributed by atoms with E-state index in [1.54, 1.807) is 48.5 Å². The van der Waals surface area contributed by atoms with E-state index in [0.29, 0.717) is 33.2 Å². The molecule has 0 saturated heterocycles. The van der Waals surface area contributed by atoms with Crippen LogP contribution in [-0.4, -0.2) is 41.6 Å². The Morgan fingerprint density at radius 1 is 0.467 bits per heavy atom. The van der Waals surface area contributed by atoms with Crippen molar-refractivity contribution < 1.29 is 9.59 Å². The van der Waals surface area contributed by atoms with Gasteiger partial charge in [-0.15, -0.1) is 30.0 Å². The minimum Gasteiger partial charge on any atom is -0.287 e. The molecule has 2 aromatic heterocycles. The maximum Gasteiger partial charge on any atom is 0.216 e. The van der Waals surface area contributed by atoms with Gasteiger partial charge in [-0.25, -0.2) is 0 Å². The average Bonchev–Trinajstić information content (AvgIpc) is 3.39. The van der Waals surface area contributed by atoms with Gasteiger partial charge in [-0.2, -0.15) is 0 Å². The van der Waals surface area contributed by atoms with Crippen molar-refractivity contribution in [1.82, 2.24) is 30.0 Å². The molecule has 0 saturated carbocycles. The Kier molecular flexibility index (Phi) is 3.31. The van der Waals surface area contributed by atoms with E-state index in [2.05, 4.69) is 20.4 Å². The molecule has 0 bridgehead atoms. The number of hydrogen-bond donors (Lipinski definition) is 0. The Bertz CT molecular complexity index is 1360. The number of carbonyl (C=O) groups excluding carboxylic acids is 2. The summed E-state index contributed by atoms with van der Waals surface area (Å²) < 4.78 is 0. The number of carbonyl (C=O) groups is 2. The zero-order valence-corrected chi connectivity index (χ0v) is 15.4. The summed E-state index contributed by atoms with van der Waals surface area (Å²) >= 11 is 0. The van der Waals surface area contributed by atoms with Gasteiger partial charge in [0.15, 0.2) is 11.4 Å². The van der Waals surface area contributed by atoms with Crippen LogP contribution in [0.15, 0.2) is 72.8 Å². The summed E-state index contributed by atoms with van der Waals surface area (Å²) in [7, 11) is 0. The van der Waals surface area contributed by atoms with Crippen LogP contribution in [0.5, 0.6) is 0 Å². The molecule has 5 aromatic rings. The highest BCUT2D eigenvalue weighted by Gasteiger charge is 2.36. The lowest BCUT2D eigenvalue weighted by molar-refractivity contribution is 0.0997. The molecule has 6 rings (SSSR count). The van der Waals surface area contributed by atoms with Crippen molar-refractivity contribution in [3.8, 4) is 0 Å². The Balaban J connectivity index is 1.69. The predicted octanol–water partition coefficient (Wildman–Crippen LogP) is 3.08. The number of ketones is 2. The van der Waals surface area contributed by atoms with Crippen LogP contribution in [0.2, 0.25) is 0 Å². The predicted molar refractivity (Wildman–Crippen MR) is 110 cm³/mol. The Morgan fingerprint density at radius 3 is 1.10 bits per heavy atom. The fourth-order valence-electron chi connectivity index (χ4n) is 3.64. The van der Waals surface area contributed by atoms with E-state index in [4.69, 9.17) is 0 Å². The van der Waals surface area contributed by atoms with Crippen molar-refractivity contribution in [3.05, 3.63) is 83.9 Å². The van der Waals surface area contributed by atoms with Gasteiger partial charge in [0.05, 0.1) is 0 Å². The molecule has 0 N–H and O–H groups in total. The molecular weight excluding hydrogens is 380 g/mol. The van der Waals surface area contributed by atoms with Gasteiger partial charge in [0.1, 0.15) is 22.1 Å². The molecule has 30 heavy (non-hydrogen) atoms. The summed E-state index contributed by atoms with van der Waals surface area (Å²) in [5.74, 6) is -0.719. The van der Waals surface area contributed by atoms with Gasteiger partial charge >= 0.3 is 0 Å². The second-order valence-electron chi connectivity index (χ2n) is 6.86. The van der Waals surface area contributed by atoms with Crippen LogP contribution in [0.3, 0.4) is 0 Å². The lowest BCUT2D eigenvalue weighted by Crippen LogP contribution is -2.28. The maximum absolute atomic E-state index is 13.5. The number of benzene rings is 3. The number of allylic oxidation sites excluding steroid dienone is 2. The first-order valence-corrected chi connectivity index (χ1v) is 9.28. The molecular formula is C22H12N6O2. The molecule has 0 fully saturated rings. The first-order valence-electron chi connectivity index (χ1n) is 9.28. The lowest BCUT2D eigenvalue weighted by Gasteiger charge is -2.19. The van der Waals surface area contributed by atoms with Crippen LogP contribution < -0.4 is 0 Å². The standard InChI is InChI=1S/C22H12N6O2/c29-21-13-7-1-2-8-14(13)22(30)20(28-25-17-11-5-6-12-18(17)26-28)19(21)27-23-15-9-3-4-10-16(15)24-27/h1-12H. The zero-order valence-electron chi connectivity index (χ0n) is 15.4. The molecule has 0 atom stereocenters. The highest BCUT2D eigenvalue weighted by atomic mass is 16.1. The van der Waals surface area contributed by atoms with Crippen molar-refractivity contribution in [3.63, 3.8) is 0 Å². The molecule has 3 aromatic carbocycles. The topological polar surface area (TPSA) is 95.6 Å². The number of Topliss-reactive ketones (excluding diaryl/α,β-unsaturated/α-hetero) is 2. The normalized spacial score (nSPS) is 14.0. The molecule has 0 radical (unpaired) electrons. The van der Waals surface area contributed by atoms with Crippen LogP contribution in [0.1, 0.15) is 20.7 Å². The van der Waals surface area contributed by atoms with Gasteiger partial charge < -0.3 is 0 Å². The SMILES string of the molecule is O=C1C(n2nc3ccccc3n2)=C(n2nc3ccccc3n2)C(=O)c2ccccc21. The van der Waals surface area contributed by atoms with Crippen LogP contribution in [0.25, 0.3) is 33.5 Å². The smallest absolute Gasteiger partial charge is 0.216 e. The van der Waals surface area contributed by atoms with Crippen molar-refractivity contribution in [1.29, 1.82) is 0 Å². The van der Waals surface area contributed by atoms with E-state index in [0.717, 1.165) is 0 Å². The third-order valence-electron chi connectivity index (χ3n) is 5.04. The number of hydrogen-bond acceptors (Lipinski definition) is 6. The molecule has 1 aliphatic carbocycles. The molecule has 0 unspecified atom stereocenters. The highest BCUT2D eigenvalue weighted by molar-refractivity contribution is 6.46. The van der Waals surface area contributed by atoms with Crippen molar-refractivity contribution in [2.45, 2.75) is 0 Å². The summed E-state index contributed by atoms with van der Waals surface area (Å²) in [5, 5.41) is 17.7. The number of rotatable bonds is 2. The summed E-state index contributed by atoms with van der Waals surface area (Å²) in [4.78, 5) is 29.3. The third-order valence-corrected chi connectivity index (χ3v) is 5.04. The highest BCUT2D eigenvalue weighted by Crippen LogP contribution is 2.31. The van der Waals surface area contributed by atoms with E-state index in [1.165, 1.54) is 9.59 Å². The third kappa shape index (κ3) is 2.27.